The number of ether oxygens (including phenoxy) is 1. The first-order chi connectivity index (χ1) is 12.9. The van der Waals surface area contributed by atoms with E-state index in [0.717, 1.165) is 38.9 Å². The van der Waals surface area contributed by atoms with Crippen molar-refractivity contribution in [3.63, 3.8) is 0 Å². The van der Waals surface area contributed by atoms with Crippen molar-refractivity contribution in [3.05, 3.63) is 94.0 Å². The van der Waals surface area contributed by atoms with Gasteiger partial charge in [-0.25, -0.2) is 0 Å². The minimum atomic E-state index is 0. The molecule has 2 nitrogen and oxygen atoms in total. The van der Waals surface area contributed by atoms with Gasteiger partial charge in [0.2, 0.25) is 0 Å². The van der Waals surface area contributed by atoms with Gasteiger partial charge in [0.05, 0.1) is 0 Å². The first-order valence-electron chi connectivity index (χ1n) is 9.10. The van der Waals surface area contributed by atoms with Crippen molar-refractivity contribution in [3.8, 4) is 5.75 Å². The van der Waals surface area contributed by atoms with E-state index in [9.17, 15) is 4.79 Å². The van der Waals surface area contributed by atoms with Crippen LogP contribution in [0.1, 0.15) is 39.6 Å². The summed E-state index contributed by atoms with van der Waals surface area (Å²) in [7, 11) is 0.121. The quantitative estimate of drug-likeness (QED) is 0.483. The number of carbonyl (C=O) groups is 1. The molecule has 0 aliphatic carbocycles. The molecule has 3 aromatic carbocycles. The summed E-state index contributed by atoms with van der Waals surface area (Å²) in [5, 5.41) is 1.08. The second-order valence-electron chi connectivity index (χ2n) is 6.98. The molecule has 0 aliphatic heterocycles. The Morgan fingerprint density at radius 2 is 1.54 bits per heavy atom. The number of rotatable bonds is 6. The smallest absolute Gasteiger partial charge is 1.00 e. The van der Waals surface area contributed by atoms with E-state index < -0.39 is 0 Å². The van der Waals surface area contributed by atoms with Crippen LogP contribution in [0.15, 0.2) is 60.7 Å². The average Bonchev–Trinajstić information content (AvgIpc) is 2.62. The topological polar surface area (TPSA) is 26.3 Å². The van der Waals surface area contributed by atoms with Crippen LogP contribution in [0, 0.1) is 27.7 Å². The van der Waals surface area contributed by atoms with E-state index in [-0.39, 0.29) is 34.4 Å². The Morgan fingerprint density at radius 3 is 2.14 bits per heavy atom. The largest absolute Gasteiger partial charge is 1.00 e. The Balaban J connectivity index is 0.00000210. The van der Waals surface area contributed by atoms with E-state index in [0.29, 0.717) is 6.61 Å². The Bertz CT molecular complexity index is 951. The maximum atomic E-state index is 12.9. The maximum Gasteiger partial charge on any atom is 1.00 e. The molecule has 0 fully saturated rings. The normalized spacial score (nSPS) is 10.7. The third-order valence-electron chi connectivity index (χ3n) is 4.60. The average molecular weight is 384 g/mol. The van der Waals surface area contributed by atoms with E-state index in [4.69, 9.17) is 4.74 Å². The molecule has 4 heteroatoms. The standard InChI is InChI=1S/C24H25O2P.Li.H/c1-16-12-18(3)23(19(4)13-16)24(25)27-22-11-10-21(14-17(22)2)26-15-20-8-6-5-7-9-20;;/h5-14,27H,15H2,1-4H3;;/q;+1;-1. The number of hydrogen-bond donors (Lipinski definition) is 0. The fourth-order valence-electron chi connectivity index (χ4n) is 3.33. The van der Waals surface area contributed by atoms with Gasteiger partial charge < -0.3 is 6.16 Å². The fraction of sp³-hybridized carbons (Fsp3) is 0.208. The van der Waals surface area contributed by atoms with Crippen LogP contribution < -0.4 is 28.9 Å². The van der Waals surface area contributed by atoms with Crippen LogP contribution in [0.2, 0.25) is 0 Å². The molecule has 3 aromatic rings. The molecule has 0 heterocycles. The summed E-state index contributed by atoms with van der Waals surface area (Å²) in [6.45, 7) is 8.69. The second-order valence-corrected chi connectivity index (χ2v) is 8.22. The van der Waals surface area contributed by atoms with Gasteiger partial charge in [0, 0.05) is 5.56 Å². The molecule has 0 spiro atoms. The first-order valence-corrected chi connectivity index (χ1v) is 10.1. The van der Waals surface area contributed by atoms with Gasteiger partial charge >= 0.3 is 18.9 Å². The molecule has 0 saturated carbocycles. The van der Waals surface area contributed by atoms with Crippen molar-refractivity contribution in [1.29, 1.82) is 0 Å². The van der Waals surface area contributed by atoms with Gasteiger partial charge in [-0.3, -0.25) is 4.79 Å². The molecular weight excluding hydrogens is 358 g/mol. The SMILES string of the molecule is Cc1cc(C)c(C(=O)Pc2ccc(OCc3ccccc3)cc2C)c(C)c1.[H-].[Li+]. The van der Waals surface area contributed by atoms with E-state index >= 15 is 0 Å². The Labute approximate surface area is 183 Å². The molecule has 3 rings (SSSR count). The van der Waals surface area contributed by atoms with Gasteiger partial charge in [-0.2, -0.15) is 0 Å². The van der Waals surface area contributed by atoms with Gasteiger partial charge in [0.25, 0.3) is 0 Å². The zero-order valence-corrected chi connectivity index (χ0v) is 18.3. The molecular formula is C24H26LiO2P. The molecule has 0 aliphatic rings. The summed E-state index contributed by atoms with van der Waals surface area (Å²) in [6, 6.07) is 20.3. The Hall–Kier alpha value is -1.84. The number of benzene rings is 3. The minimum absolute atomic E-state index is 0. The van der Waals surface area contributed by atoms with Crippen LogP contribution in [0.3, 0.4) is 0 Å². The van der Waals surface area contributed by atoms with E-state index in [1.54, 1.807) is 0 Å². The molecule has 0 amide bonds. The van der Waals surface area contributed by atoms with Crippen LogP contribution in [-0.4, -0.2) is 5.52 Å². The monoisotopic (exact) mass is 384 g/mol. The Morgan fingerprint density at radius 1 is 0.893 bits per heavy atom. The molecule has 0 saturated heterocycles. The van der Waals surface area contributed by atoms with Crippen LogP contribution in [-0.2, 0) is 6.61 Å². The number of carbonyl (C=O) groups excluding carboxylic acids is 1. The van der Waals surface area contributed by atoms with E-state index in [1.165, 1.54) is 5.56 Å². The van der Waals surface area contributed by atoms with Crippen molar-refractivity contribution in [2.24, 2.45) is 0 Å². The van der Waals surface area contributed by atoms with Crippen molar-refractivity contribution in [2.45, 2.75) is 34.3 Å². The van der Waals surface area contributed by atoms with Gasteiger partial charge in [-0.15, -0.1) is 0 Å². The molecule has 0 N–H and O–H groups in total. The summed E-state index contributed by atoms with van der Waals surface area (Å²) >= 11 is 0. The van der Waals surface area contributed by atoms with E-state index in [2.05, 4.69) is 19.1 Å². The van der Waals surface area contributed by atoms with Crippen molar-refractivity contribution in [1.82, 2.24) is 0 Å². The Kier molecular flexibility index (Phi) is 8.08. The molecule has 0 radical (unpaired) electrons. The number of hydrogen-bond acceptors (Lipinski definition) is 2. The van der Waals surface area contributed by atoms with Gasteiger partial charge in [-0.05, 0) is 76.0 Å². The van der Waals surface area contributed by atoms with Crippen molar-refractivity contribution < 1.29 is 29.8 Å². The van der Waals surface area contributed by atoms with Gasteiger partial charge in [0.15, 0.2) is 5.52 Å². The zero-order valence-electron chi connectivity index (χ0n) is 18.3. The minimum Gasteiger partial charge on any atom is -1.00 e. The first kappa shape index (κ1) is 22.4. The van der Waals surface area contributed by atoms with Gasteiger partial charge in [0.1, 0.15) is 12.4 Å². The predicted octanol–water partition coefficient (Wildman–Crippen LogP) is 2.76. The number of aryl methyl sites for hydroxylation is 4. The van der Waals surface area contributed by atoms with Crippen LogP contribution in [0.5, 0.6) is 5.75 Å². The van der Waals surface area contributed by atoms with E-state index in [1.807, 2.05) is 69.3 Å². The third-order valence-corrected chi connectivity index (χ3v) is 5.91. The van der Waals surface area contributed by atoms with Crippen molar-refractivity contribution >= 4 is 19.4 Å². The summed E-state index contributed by atoms with van der Waals surface area (Å²) in [5.41, 5.74) is 6.61. The van der Waals surface area contributed by atoms with Crippen LogP contribution in [0.4, 0.5) is 0 Å². The molecule has 28 heavy (non-hydrogen) atoms. The van der Waals surface area contributed by atoms with Crippen molar-refractivity contribution in [2.75, 3.05) is 0 Å². The third kappa shape index (κ3) is 5.59. The molecule has 0 aromatic heterocycles. The van der Waals surface area contributed by atoms with Crippen LogP contribution >= 0.6 is 8.58 Å². The summed E-state index contributed by atoms with van der Waals surface area (Å²) in [4.78, 5) is 12.9. The molecule has 1 atom stereocenters. The maximum absolute atomic E-state index is 12.9. The fourth-order valence-corrected chi connectivity index (χ4v) is 4.53. The van der Waals surface area contributed by atoms with Crippen LogP contribution in [0.25, 0.3) is 0 Å². The molecule has 1 unspecified atom stereocenters. The van der Waals surface area contributed by atoms with Gasteiger partial charge in [-0.1, -0.05) is 54.1 Å². The molecule has 0 bridgehead atoms. The molecule has 140 valence electrons. The zero-order chi connectivity index (χ0) is 19.4. The predicted molar refractivity (Wildman–Crippen MR) is 116 cm³/mol. The summed E-state index contributed by atoms with van der Waals surface area (Å²) < 4.78 is 5.89. The second kappa shape index (κ2) is 10.1. The summed E-state index contributed by atoms with van der Waals surface area (Å²) in [5.74, 6) is 0.833. The summed E-state index contributed by atoms with van der Waals surface area (Å²) in [6.07, 6.45) is 0.